The zero-order chi connectivity index (χ0) is 15.0. The van der Waals surface area contributed by atoms with Gasteiger partial charge in [0.1, 0.15) is 9.22 Å². The molecular weight excluding hydrogens is 320 g/mol. The lowest BCUT2D eigenvalue weighted by Crippen LogP contribution is -2.02. The average molecular weight is 332 g/mol. The predicted octanol–water partition coefficient (Wildman–Crippen LogP) is 0.838. The number of nitrogens with two attached hydrogens (primary N) is 1. The highest BCUT2D eigenvalue weighted by molar-refractivity contribution is 7.93. The third-order valence-electron chi connectivity index (χ3n) is 2.53. The summed E-state index contributed by atoms with van der Waals surface area (Å²) >= 11 is 1.00. The van der Waals surface area contributed by atoms with E-state index in [-0.39, 0.29) is 20.5 Å². The Balaban J connectivity index is 2.45. The molecule has 1 heterocycles. The molecule has 0 radical (unpaired) electrons. The minimum atomic E-state index is -3.68. The highest BCUT2D eigenvalue weighted by Crippen LogP contribution is 2.26. The van der Waals surface area contributed by atoms with E-state index < -0.39 is 19.7 Å². The summed E-state index contributed by atoms with van der Waals surface area (Å²) in [5.74, 6) is 0. The molecule has 0 aliphatic rings. The summed E-state index contributed by atoms with van der Waals surface area (Å²) in [6.07, 6.45) is 2.32. The van der Waals surface area contributed by atoms with Crippen LogP contribution in [0.15, 0.2) is 44.5 Å². The highest BCUT2D eigenvalue weighted by Gasteiger charge is 2.21. The van der Waals surface area contributed by atoms with Crippen molar-refractivity contribution >= 4 is 31.0 Å². The molecule has 2 N–H and O–H groups in total. The van der Waals surface area contributed by atoms with Crippen LogP contribution in [0.1, 0.15) is 5.01 Å². The van der Waals surface area contributed by atoms with Gasteiger partial charge in [0.15, 0.2) is 9.84 Å². The van der Waals surface area contributed by atoms with Crippen LogP contribution >= 0.6 is 11.3 Å². The molecule has 0 saturated heterocycles. The lowest BCUT2D eigenvalue weighted by Gasteiger charge is -2.03. The molecule has 20 heavy (non-hydrogen) atoms. The van der Waals surface area contributed by atoms with Crippen molar-refractivity contribution in [1.82, 2.24) is 4.98 Å². The van der Waals surface area contributed by atoms with E-state index >= 15 is 0 Å². The van der Waals surface area contributed by atoms with Gasteiger partial charge >= 0.3 is 0 Å². The largest absolute Gasteiger partial charge is 0.325 e. The number of benzene rings is 1. The topological polar surface area (TPSA) is 107 Å². The minimum Gasteiger partial charge on any atom is -0.325 e. The van der Waals surface area contributed by atoms with E-state index in [2.05, 4.69) is 4.98 Å². The number of rotatable bonds is 4. The molecular formula is C11H12N2O4S3. The van der Waals surface area contributed by atoms with Crippen molar-refractivity contribution in [3.8, 4) is 0 Å². The molecule has 0 fully saturated rings. The van der Waals surface area contributed by atoms with Gasteiger partial charge < -0.3 is 5.73 Å². The van der Waals surface area contributed by atoms with Gasteiger partial charge in [-0.1, -0.05) is 0 Å². The molecule has 1 aromatic heterocycles. The van der Waals surface area contributed by atoms with Crippen molar-refractivity contribution in [2.45, 2.75) is 20.5 Å². The van der Waals surface area contributed by atoms with Crippen molar-refractivity contribution < 1.29 is 16.8 Å². The first-order chi connectivity index (χ1) is 9.25. The van der Waals surface area contributed by atoms with Crippen LogP contribution in [-0.2, 0) is 26.2 Å². The lowest BCUT2D eigenvalue weighted by atomic mass is 10.4. The first-order valence-electron chi connectivity index (χ1n) is 5.45. The Hall–Kier alpha value is -1.29. The van der Waals surface area contributed by atoms with Gasteiger partial charge in [-0.25, -0.2) is 21.8 Å². The summed E-state index contributed by atoms with van der Waals surface area (Å²) in [6.45, 7) is 0.174. The highest BCUT2D eigenvalue weighted by atomic mass is 32.2. The molecule has 0 aliphatic heterocycles. The lowest BCUT2D eigenvalue weighted by molar-refractivity contribution is 0.595. The molecule has 0 saturated carbocycles. The fourth-order valence-electron chi connectivity index (χ4n) is 1.49. The Morgan fingerprint density at radius 3 is 2.10 bits per heavy atom. The van der Waals surface area contributed by atoms with E-state index in [4.69, 9.17) is 5.73 Å². The number of hydrogen-bond acceptors (Lipinski definition) is 7. The van der Waals surface area contributed by atoms with Crippen LogP contribution in [0.5, 0.6) is 0 Å². The van der Waals surface area contributed by atoms with E-state index in [1.807, 2.05) is 0 Å². The molecule has 0 spiro atoms. The van der Waals surface area contributed by atoms with Crippen LogP contribution in [0.25, 0.3) is 0 Å². The third kappa shape index (κ3) is 2.90. The Morgan fingerprint density at radius 1 is 1.10 bits per heavy atom. The molecule has 0 aliphatic carbocycles. The van der Waals surface area contributed by atoms with Crippen molar-refractivity contribution in [3.63, 3.8) is 0 Å². The zero-order valence-electron chi connectivity index (χ0n) is 10.5. The molecule has 6 nitrogen and oxygen atoms in total. The maximum atomic E-state index is 12.3. The van der Waals surface area contributed by atoms with E-state index in [0.29, 0.717) is 5.01 Å². The van der Waals surface area contributed by atoms with Crippen LogP contribution in [0, 0.1) is 0 Å². The molecule has 0 atom stereocenters. The summed E-state index contributed by atoms with van der Waals surface area (Å²) in [5.41, 5.74) is 5.40. The van der Waals surface area contributed by atoms with Gasteiger partial charge in [0.25, 0.3) is 0 Å². The normalized spacial score (nSPS) is 12.5. The molecule has 9 heteroatoms. The Morgan fingerprint density at radius 2 is 1.65 bits per heavy atom. The summed E-state index contributed by atoms with van der Waals surface area (Å²) in [4.78, 5) is 4.00. The predicted molar refractivity (Wildman–Crippen MR) is 75.0 cm³/mol. The first-order valence-corrected chi connectivity index (χ1v) is 9.64. The number of aromatic nitrogens is 1. The number of hydrogen-bond donors (Lipinski definition) is 1. The summed E-state index contributed by atoms with van der Waals surface area (Å²) in [7, 11) is -7.04. The zero-order valence-corrected chi connectivity index (χ0v) is 12.9. The molecule has 2 rings (SSSR count). The van der Waals surface area contributed by atoms with Crippen LogP contribution in [0.4, 0.5) is 0 Å². The third-order valence-corrected chi connectivity index (χ3v) is 6.91. The molecule has 108 valence electrons. The summed E-state index contributed by atoms with van der Waals surface area (Å²) in [5, 5.41) is 0.524. The van der Waals surface area contributed by atoms with E-state index in [1.165, 1.54) is 30.5 Å². The molecule has 2 aromatic rings. The second-order valence-electron chi connectivity index (χ2n) is 4.02. The van der Waals surface area contributed by atoms with E-state index in [9.17, 15) is 16.8 Å². The van der Waals surface area contributed by atoms with Crippen LogP contribution in [0.2, 0.25) is 0 Å². The van der Waals surface area contributed by atoms with E-state index in [0.717, 1.165) is 17.6 Å². The van der Waals surface area contributed by atoms with Gasteiger partial charge in [-0.2, -0.15) is 0 Å². The maximum Gasteiger partial charge on any atom is 0.217 e. The fourth-order valence-corrected chi connectivity index (χ4v) is 4.59. The van der Waals surface area contributed by atoms with Gasteiger partial charge in [-0.15, -0.1) is 11.3 Å². The smallest absolute Gasteiger partial charge is 0.217 e. The van der Waals surface area contributed by atoms with Crippen molar-refractivity contribution in [2.24, 2.45) is 5.73 Å². The maximum absolute atomic E-state index is 12.3. The number of nitrogens with zero attached hydrogens (tertiary/aromatic N) is 1. The summed E-state index contributed by atoms with van der Waals surface area (Å²) < 4.78 is 47.4. The van der Waals surface area contributed by atoms with Crippen molar-refractivity contribution in [1.29, 1.82) is 0 Å². The molecule has 1 aromatic carbocycles. The standard InChI is InChI=1S/C11H12N2O4S3/c1-19(14,15)8-2-4-9(5-3-8)20(16,17)11-7-13-10(6-12)18-11/h2-5,7H,6,12H2,1H3. The average Bonchev–Trinajstić information content (AvgIpc) is 2.87. The Kier molecular flexibility index (Phi) is 3.96. The minimum absolute atomic E-state index is 0.0251. The second kappa shape index (κ2) is 5.24. The van der Waals surface area contributed by atoms with Gasteiger partial charge in [0.2, 0.25) is 9.84 Å². The molecule has 0 bridgehead atoms. The molecule has 0 unspecified atom stereocenters. The van der Waals surface area contributed by atoms with Gasteiger partial charge in [-0.3, -0.25) is 0 Å². The van der Waals surface area contributed by atoms with Gasteiger partial charge in [0, 0.05) is 12.8 Å². The van der Waals surface area contributed by atoms with Crippen LogP contribution < -0.4 is 5.73 Å². The SMILES string of the molecule is CS(=O)(=O)c1ccc(S(=O)(=O)c2cnc(CN)s2)cc1. The Bertz CT molecular complexity index is 821. The second-order valence-corrected chi connectivity index (χ2v) is 9.33. The quantitative estimate of drug-likeness (QED) is 0.889. The first kappa shape index (κ1) is 15.1. The number of thiazole rings is 1. The van der Waals surface area contributed by atoms with Crippen LogP contribution in [0.3, 0.4) is 0 Å². The molecule has 0 amide bonds. The number of sulfone groups is 2. The van der Waals surface area contributed by atoms with Crippen LogP contribution in [-0.4, -0.2) is 28.1 Å². The fraction of sp³-hybridized carbons (Fsp3) is 0.182. The van der Waals surface area contributed by atoms with E-state index in [1.54, 1.807) is 0 Å². The van der Waals surface area contributed by atoms with Gasteiger partial charge in [0.05, 0.1) is 16.0 Å². The Labute approximate surface area is 121 Å². The monoisotopic (exact) mass is 332 g/mol. The van der Waals surface area contributed by atoms with Crippen molar-refractivity contribution in [3.05, 3.63) is 35.5 Å². The van der Waals surface area contributed by atoms with Gasteiger partial charge in [-0.05, 0) is 24.3 Å². The van der Waals surface area contributed by atoms with Crippen molar-refractivity contribution in [2.75, 3.05) is 6.26 Å². The summed E-state index contributed by atoms with van der Waals surface area (Å²) in [6, 6.07) is 5.08.